The van der Waals surface area contributed by atoms with E-state index in [0.717, 1.165) is 0 Å². The van der Waals surface area contributed by atoms with Crippen molar-refractivity contribution in [3.8, 4) is 0 Å². The van der Waals surface area contributed by atoms with E-state index in [1.54, 1.807) is 0 Å². The molecule has 88 valence electrons. The third-order valence-corrected chi connectivity index (χ3v) is 3.97. The van der Waals surface area contributed by atoms with Gasteiger partial charge in [0.25, 0.3) is 0 Å². The van der Waals surface area contributed by atoms with Crippen molar-refractivity contribution in [1.29, 1.82) is 0 Å². The standard InChI is InChI=1S/C18H13B/c19-18-11-17-13-6-2-1-5-12(13)9-10-15(17)14-7-3-4-8-16(14)18/h1-11H,19H2. The molecule has 0 saturated carbocycles. The van der Waals surface area contributed by atoms with Gasteiger partial charge in [-0.1, -0.05) is 72.2 Å². The van der Waals surface area contributed by atoms with E-state index in [1.807, 2.05) is 0 Å². The Morgan fingerprint density at radius 2 is 1.16 bits per heavy atom. The number of rotatable bonds is 0. The summed E-state index contributed by atoms with van der Waals surface area (Å²) in [5, 5.41) is 8.06. The highest BCUT2D eigenvalue weighted by molar-refractivity contribution is 6.41. The van der Waals surface area contributed by atoms with Crippen LogP contribution in [0.25, 0.3) is 32.3 Å². The largest absolute Gasteiger partial charge is 0.140 e. The zero-order valence-electron chi connectivity index (χ0n) is 10.9. The lowest BCUT2D eigenvalue weighted by atomic mass is 9.85. The van der Waals surface area contributed by atoms with Gasteiger partial charge in [0.15, 0.2) is 0 Å². The lowest BCUT2D eigenvalue weighted by Gasteiger charge is -2.10. The van der Waals surface area contributed by atoms with Gasteiger partial charge >= 0.3 is 0 Å². The van der Waals surface area contributed by atoms with E-state index in [-0.39, 0.29) is 0 Å². The van der Waals surface area contributed by atoms with Gasteiger partial charge in [-0.25, -0.2) is 0 Å². The Balaban J connectivity index is 2.34. The van der Waals surface area contributed by atoms with Crippen molar-refractivity contribution in [3.63, 3.8) is 0 Å². The third-order valence-electron chi connectivity index (χ3n) is 3.97. The number of hydrogen-bond acceptors (Lipinski definition) is 0. The van der Waals surface area contributed by atoms with Crippen molar-refractivity contribution in [1.82, 2.24) is 0 Å². The number of fused-ring (bicyclic) bond motifs is 5. The summed E-state index contributed by atoms with van der Waals surface area (Å²) >= 11 is 0. The Labute approximate surface area is 113 Å². The molecular weight excluding hydrogens is 227 g/mol. The minimum atomic E-state index is 1.31. The van der Waals surface area contributed by atoms with Gasteiger partial charge in [0.1, 0.15) is 7.85 Å². The van der Waals surface area contributed by atoms with E-state index < -0.39 is 0 Å². The molecule has 0 bridgehead atoms. The summed E-state index contributed by atoms with van der Waals surface area (Å²) in [5.74, 6) is 0. The van der Waals surface area contributed by atoms with Crippen LogP contribution in [0.4, 0.5) is 0 Å². The fourth-order valence-corrected chi connectivity index (χ4v) is 3.04. The summed E-state index contributed by atoms with van der Waals surface area (Å²) in [7, 11) is 2.20. The molecule has 0 nitrogen and oxygen atoms in total. The van der Waals surface area contributed by atoms with Crippen LogP contribution < -0.4 is 5.46 Å². The predicted molar refractivity (Wildman–Crippen MR) is 87.1 cm³/mol. The second-order valence-corrected chi connectivity index (χ2v) is 5.12. The molecule has 0 aliphatic heterocycles. The van der Waals surface area contributed by atoms with Gasteiger partial charge in [-0.15, -0.1) is 0 Å². The molecule has 1 heteroatoms. The SMILES string of the molecule is Bc1cc2c3ccccc3ccc2c2ccccc12. The van der Waals surface area contributed by atoms with Crippen LogP contribution in [0.15, 0.2) is 66.7 Å². The van der Waals surface area contributed by atoms with Crippen molar-refractivity contribution >= 4 is 45.6 Å². The highest BCUT2D eigenvalue weighted by atomic mass is 14.1. The Hall–Kier alpha value is -2.28. The zero-order valence-corrected chi connectivity index (χ0v) is 10.9. The molecule has 0 saturated heterocycles. The van der Waals surface area contributed by atoms with Crippen LogP contribution >= 0.6 is 0 Å². The van der Waals surface area contributed by atoms with Gasteiger partial charge in [-0.05, 0) is 32.3 Å². The van der Waals surface area contributed by atoms with Gasteiger partial charge in [0.2, 0.25) is 0 Å². The quantitative estimate of drug-likeness (QED) is 0.326. The highest BCUT2D eigenvalue weighted by Crippen LogP contribution is 2.29. The van der Waals surface area contributed by atoms with Crippen molar-refractivity contribution in [2.45, 2.75) is 0 Å². The lowest BCUT2D eigenvalue weighted by molar-refractivity contribution is 1.79. The molecule has 0 fully saturated rings. The maximum Gasteiger partial charge on any atom is 0.140 e. The Kier molecular flexibility index (Phi) is 2.16. The fraction of sp³-hybridized carbons (Fsp3) is 0. The van der Waals surface area contributed by atoms with Crippen LogP contribution in [0.1, 0.15) is 0 Å². The second kappa shape index (κ2) is 3.86. The van der Waals surface area contributed by atoms with Crippen LogP contribution in [0.5, 0.6) is 0 Å². The normalized spacial score (nSPS) is 11.4. The third kappa shape index (κ3) is 1.48. The maximum absolute atomic E-state index is 2.32. The summed E-state index contributed by atoms with van der Waals surface area (Å²) in [6.45, 7) is 0. The van der Waals surface area contributed by atoms with E-state index in [4.69, 9.17) is 0 Å². The highest BCUT2D eigenvalue weighted by Gasteiger charge is 2.05. The molecule has 0 heterocycles. The molecule has 0 aliphatic carbocycles. The smallest absolute Gasteiger partial charge is 0.0806 e. The van der Waals surface area contributed by atoms with E-state index in [2.05, 4.69) is 74.6 Å². The second-order valence-electron chi connectivity index (χ2n) is 5.12. The van der Waals surface area contributed by atoms with Crippen molar-refractivity contribution in [3.05, 3.63) is 66.7 Å². The van der Waals surface area contributed by atoms with Gasteiger partial charge in [0.05, 0.1) is 0 Å². The molecule has 0 atom stereocenters. The first-order valence-corrected chi connectivity index (χ1v) is 6.64. The zero-order chi connectivity index (χ0) is 12.8. The minimum Gasteiger partial charge on any atom is -0.0806 e. The Morgan fingerprint density at radius 1 is 0.526 bits per heavy atom. The summed E-state index contributed by atoms with van der Waals surface area (Å²) in [4.78, 5) is 0. The summed E-state index contributed by atoms with van der Waals surface area (Å²) in [6.07, 6.45) is 0. The first-order chi connectivity index (χ1) is 9.34. The molecular formula is C18H13B. The van der Waals surface area contributed by atoms with Gasteiger partial charge in [0, 0.05) is 0 Å². The van der Waals surface area contributed by atoms with Gasteiger partial charge in [-0.2, -0.15) is 0 Å². The molecule has 4 rings (SSSR count). The van der Waals surface area contributed by atoms with E-state index >= 15 is 0 Å². The molecule has 0 aromatic heterocycles. The molecule has 4 aromatic rings. The summed E-state index contributed by atoms with van der Waals surface area (Å²) in [6, 6.07) is 24.1. The number of hydrogen-bond donors (Lipinski definition) is 0. The van der Waals surface area contributed by atoms with Crippen LogP contribution in [-0.4, -0.2) is 7.85 Å². The van der Waals surface area contributed by atoms with E-state index in [0.29, 0.717) is 0 Å². The molecule has 0 unspecified atom stereocenters. The van der Waals surface area contributed by atoms with Crippen molar-refractivity contribution in [2.75, 3.05) is 0 Å². The molecule has 19 heavy (non-hydrogen) atoms. The van der Waals surface area contributed by atoms with Crippen molar-refractivity contribution in [2.24, 2.45) is 0 Å². The van der Waals surface area contributed by atoms with Crippen LogP contribution in [0.2, 0.25) is 0 Å². The average Bonchev–Trinajstić information content (AvgIpc) is 2.47. The lowest BCUT2D eigenvalue weighted by Crippen LogP contribution is -2.03. The first kappa shape index (κ1) is 10.6. The molecule has 0 radical (unpaired) electrons. The van der Waals surface area contributed by atoms with Crippen LogP contribution in [-0.2, 0) is 0 Å². The molecule has 0 aliphatic rings. The van der Waals surface area contributed by atoms with Crippen LogP contribution in [0.3, 0.4) is 0 Å². The predicted octanol–water partition coefficient (Wildman–Crippen LogP) is 3.40. The molecule has 0 N–H and O–H groups in total. The maximum atomic E-state index is 2.32. The molecule has 0 amide bonds. The monoisotopic (exact) mass is 240 g/mol. The van der Waals surface area contributed by atoms with Gasteiger partial charge < -0.3 is 0 Å². The summed E-state index contributed by atoms with van der Waals surface area (Å²) in [5.41, 5.74) is 1.35. The van der Waals surface area contributed by atoms with Crippen LogP contribution in [0, 0.1) is 0 Å². The van der Waals surface area contributed by atoms with Gasteiger partial charge in [-0.3, -0.25) is 0 Å². The number of benzene rings is 4. The Morgan fingerprint density at radius 3 is 2.00 bits per heavy atom. The average molecular weight is 240 g/mol. The van der Waals surface area contributed by atoms with E-state index in [9.17, 15) is 0 Å². The molecule has 0 spiro atoms. The first-order valence-electron chi connectivity index (χ1n) is 6.64. The van der Waals surface area contributed by atoms with E-state index in [1.165, 1.54) is 37.8 Å². The molecule has 4 aromatic carbocycles. The minimum absolute atomic E-state index is 1.31. The summed E-state index contributed by atoms with van der Waals surface area (Å²) < 4.78 is 0. The van der Waals surface area contributed by atoms with Crippen molar-refractivity contribution < 1.29 is 0 Å². The Bertz CT molecular complexity index is 922. The fourth-order valence-electron chi connectivity index (χ4n) is 3.04. The topological polar surface area (TPSA) is 0 Å².